The Kier molecular flexibility index (Phi) is 5.71. The second-order valence-corrected chi connectivity index (χ2v) is 7.41. The average Bonchev–Trinajstić information content (AvgIpc) is 2.93. The second kappa shape index (κ2) is 8.56. The molecule has 1 aliphatic rings. The fourth-order valence-electron chi connectivity index (χ4n) is 3.59. The predicted octanol–water partition coefficient (Wildman–Crippen LogP) is 3.29. The number of carbonyl (C=O) groups is 1. The minimum Gasteiger partial charge on any atom is -0.356 e. The Bertz CT molecular complexity index is 964. The van der Waals surface area contributed by atoms with E-state index in [1.165, 1.54) is 25.7 Å². The topological polar surface area (TPSA) is 75.9 Å². The molecule has 3 aromatic rings. The van der Waals surface area contributed by atoms with Gasteiger partial charge >= 0.3 is 0 Å². The van der Waals surface area contributed by atoms with Crippen LogP contribution < -0.4 is 10.2 Å². The molecule has 0 saturated carbocycles. The van der Waals surface area contributed by atoms with Gasteiger partial charge in [-0.25, -0.2) is 14.6 Å². The van der Waals surface area contributed by atoms with Crippen LogP contribution in [0, 0.1) is 0 Å². The van der Waals surface area contributed by atoms with Crippen LogP contribution in [0.3, 0.4) is 0 Å². The first kappa shape index (κ1) is 18.7. The maximum atomic E-state index is 12.3. The van der Waals surface area contributed by atoms with E-state index in [4.69, 9.17) is 11.6 Å². The molecule has 7 nitrogen and oxygen atoms in total. The van der Waals surface area contributed by atoms with Gasteiger partial charge in [0.2, 0.25) is 0 Å². The van der Waals surface area contributed by atoms with E-state index < -0.39 is 0 Å². The van der Waals surface area contributed by atoms with Gasteiger partial charge in [-0.2, -0.15) is 5.10 Å². The molecule has 2 aromatic heterocycles. The van der Waals surface area contributed by atoms with Crippen LogP contribution in [-0.4, -0.2) is 45.3 Å². The molecule has 3 heterocycles. The number of nitrogens with zero attached hydrogens (tertiary/aromatic N) is 5. The molecule has 1 N–H and O–H groups in total. The monoisotopic (exact) mass is 398 g/mol. The standard InChI is InChI=1S/C20H23ClN6O/c21-16-7-5-6-15(12-16)20(28)22-8-11-27-19-17(13-25-27)18(23-14-24-19)26-9-3-1-2-4-10-26/h5-7,12-14H,1-4,8-11H2,(H,22,28). The van der Waals surface area contributed by atoms with Gasteiger partial charge in [0.05, 0.1) is 18.1 Å². The molecule has 28 heavy (non-hydrogen) atoms. The van der Waals surface area contributed by atoms with E-state index in [-0.39, 0.29) is 5.91 Å². The highest BCUT2D eigenvalue weighted by molar-refractivity contribution is 6.30. The maximum absolute atomic E-state index is 12.3. The SMILES string of the molecule is O=C(NCCn1ncc2c(N3CCCCCC3)ncnc21)c1cccc(Cl)c1. The van der Waals surface area contributed by atoms with Crippen LogP contribution in [-0.2, 0) is 6.54 Å². The molecule has 8 heteroatoms. The van der Waals surface area contributed by atoms with Gasteiger partial charge in [-0.3, -0.25) is 4.79 Å². The van der Waals surface area contributed by atoms with E-state index in [9.17, 15) is 4.79 Å². The molecule has 4 rings (SSSR count). The summed E-state index contributed by atoms with van der Waals surface area (Å²) in [5, 5.41) is 8.88. The van der Waals surface area contributed by atoms with Gasteiger partial charge in [0.1, 0.15) is 12.1 Å². The largest absolute Gasteiger partial charge is 0.356 e. The molecule has 1 aromatic carbocycles. The van der Waals surface area contributed by atoms with E-state index in [0.29, 0.717) is 23.7 Å². The van der Waals surface area contributed by atoms with Crippen LogP contribution in [0.2, 0.25) is 5.02 Å². The van der Waals surface area contributed by atoms with Crippen LogP contribution in [0.5, 0.6) is 0 Å². The minimum atomic E-state index is -0.154. The van der Waals surface area contributed by atoms with E-state index in [0.717, 1.165) is 29.9 Å². The Balaban J connectivity index is 1.45. The number of nitrogens with one attached hydrogen (secondary N) is 1. The first-order chi connectivity index (χ1) is 13.7. The smallest absolute Gasteiger partial charge is 0.251 e. The summed E-state index contributed by atoms with van der Waals surface area (Å²) >= 11 is 5.95. The summed E-state index contributed by atoms with van der Waals surface area (Å²) in [6.07, 6.45) is 8.36. The van der Waals surface area contributed by atoms with Crippen molar-refractivity contribution in [3.8, 4) is 0 Å². The highest BCUT2D eigenvalue weighted by atomic mass is 35.5. The summed E-state index contributed by atoms with van der Waals surface area (Å²) in [5.41, 5.74) is 1.34. The summed E-state index contributed by atoms with van der Waals surface area (Å²) in [6.45, 7) is 3.03. The van der Waals surface area contributed by atoms with Crippen molar-refractivity contribution in [1.29, 1.82) is 0 Å². The van der Waals surface area contributed by atoms with Crippen LogP contribution in [0.1, 0.15) is 36.0 Å². The minimum absolute atomic E-state index is 0.154. The molecule has 1 fully saturated rings. The Hall–Kier alpha value is -2.67. The van der Waals surface area contributed by atoms with Gasteiger partial charge in [0, 0.05) is 30.2 Å². The zero-order chi connectivity index (χ0) is 19.3. The zero-order valence-corrected chi connectivity index (χ0v) is 16.4. The third kappa shape index (κ3) is 4.09. The lowest BCUT2D eigenvalue weighted by Crippen LogP contribution is -2.27. The molecule has 0 unspecified atom stereocenters. The molecule has 0 aliphatic carbocycles. The summed E-state index contributed by atoms with van der Waals surface area (Å²) in [7, 11) is 0. The molecule has 1 aliphatic heterocycles. The van der Waals surface area contributed by atoms with Gasteiger partial charge < -0.3 is 10.2 Å². The Morgan fingerprint density at radius 1 is 1.14 bits per heavy atom. The molecule has 0 spiro atoms. The van der Waals surface area contributed by atoms with Crippen LogP contribution in [0.15, 0.2) is 36.8 Å². The number of anilines is 1. The third-order valence-electron chi connectivity index (χ3n) is 5.01. The lowest BCUT2D eigenvalue weighted by Gasteiger charge is -2.21. The fourth-order valence-corrected chi connectivity index (χ4v) is 3.78. The molecule has 0 radical (unpaired) electrons. The third-order valence-corrected chi connectivity index (χ3v) is 5.25. The van der Waals surface area contributed by atoms with Crippen molar-refractivity contribution in [3.63, 3.8) is 0 Å². The Labute approximate surface area is 168 Å². The summed E-state index contributed by atoms with van der Waals surface area (Å²) < 4.78 is 1.82. The van der Waals surface area contributed by atoms with Crippen molar-refractivity contribution in [1.82, 2.24) is 25.1 Å². The number of aromatic nitrogens is 4. The molecular formula is C20H23ClN6O. The number of fused-ring (bicyclic) bond motifs is 1. The number of hydrogen-bond donors (Lipinski definition) is 1. The van der Waals surface area contributed by atoms with Crippen molar-refractivity contribution >= 4 is 34.4 Å². The molecule has 1 amide bonds. The number of hydrogen-bond acceptors (Lipinski definition) is 5. The number of rotatable bonds is 5. The summed E-state index contributed by atoms with van der Waals surface area (Å²) in [5.74, 6) is 0.806. The summed E-state index contributed by atoms with van der Waals surface area (Å²) in [4.78, 5) is 23.5. The van der Waals surface area contributed by atoms with E-state index in [1.807, 2.05) is 10.9 Å². The molecule has 0 bridgehead atoms. The van der Waals surface area contributed by atoms with Crippen molar-refractivity contribution in [2.24, 2.45) is 0 Å². The molecule has 0 atom stereocenters. The van der Waals surface area contributed by atoms with Gasteiger partial charge in [0.15, 0.2) is 5.65 Å². The molecule has 1 saturated heterocycles. The van der Waals surface area contributed by atoms with Gasteiger partial charge in [0.25, 0.3) is 5.91 Å². The Morgan fingerprint density at radius 2 is 1.96 bits per heavy atom. The van der Waals surface area contributed by atoms with E-state index in [2.05, 4.69) is 25.3 Å². The summed E-state index contributed by atoms with van der Waals surface area (Å²) in [6, 6.07) is 6.90. The van der Waals surface area contributed by atoms with Crippen molar-refractivity contribution in [2.45, 2.75) is 32.2 Å². The number of benzene rings is 1. The van der Waals surface area contributed by atoms with Crippen molar-refractivity contribution in [3.05, 3.63) is 47.4 Å². The van der Waals surface area contributed by atoms with Gasteiger partial charge in [-0.05, 0) is 31.0 Å². The maximum Gasteiger partial charge on any atom is 0.251 e. The van der Waals surface area contributed by atoms with Gasteiger partial charge in [-0.1, -0.05) is 30.5 Å². The van der Waals surface area contributed by atoms with Crippen molar-refractivity contribution in [2.75, 3.05) is 24.5 Å². The van der Waals surface area contributed by atoms with Gasteiger partial charge in [-0.15, -0.1) is 0 Å². The fraction of sp³-hybridized carbons (Fsp3) is 0.400. The van der Waals surface area contributed by atoms with Crippen LogP contribution in [0.25, 0.3) is 11.0 Å². The van der Waals surface area contributed by atoms with Crippen LogP contribution in [0.4, 0.5) is 5.82 Å². The quantitative estimate of drug-likeness (QED) is 0.713. The number of carbonyl (C=O) groups excluding carboxylic acids is 1. The number of amides is 1. The second-order valence-electron chi connectivity index (χ2n) is 6.97. The first-order valence-electron chi connectivity index (χ1n) is 9.67. The molecular weight excluding hydrogens is 376 g/mol. The normalized spacial score (nSPS) is 14.8. The van der Waals surface area contributed by atoms with E-state index in [1.54, 1.807) is 30.6 Å². The van der Waals surface area contributed by atoms with Crippen LogP contribution >= 0.6 is 11.6 Å². The highest BCUT2D eigenvalue weighted by Crippen LogP contribution is 2.25. The lowest BCUT2D eigenvalue weighted by molar-refractivity contribution is 0.0952. The van der Waals surface area contributed by atoms with Crippen molar-refractivity contribution < 1.29 is 4.79 Å². The first-order valence-corrected chi connectivity index (χ1v) is 10.1. The Morgan fingerprint density at radius 3 is 2.75 bits per heavy atom. The predicted molar refractivity (Wildman–Crippen MR) is 110 cm³/mol. The van der Waals surface area contributed by atoms with E-state index >= 15 is 0 Å². The average molecular weight is 399 g/mol. The number of halogens is 1. The lowest BCUT2D eigenvalue weighted by atomic mass is 10.2. The zero-order valence-electron chi connectivity index (χ0n) is 15.6. The molecule has 146 valence electrons. The highest BCUT2D eigenvalue weighted by Gasteiger charge is 2.17.